The van der Waals surface area contributed by atoms with Crippen molar-refractivity contribution in [2.75, 3.05) is 13.2 Å². The number of nitrogens with one attached hydrogen (secondary N) is 1. The molecule has 0 aliphatic heterocycles. The standard InChI is InChI=1S/C17H29NO2/c1-5-11-17(3,4)18-12-16(19)13-20-14(2)15-9-7-6-8-10-15/h6-10,14,16,18-19H,5,11-13H2,1-4H3. The van der Waals surface area contributed by atoms with E-state index >= 15 is 0 Å². The number of ether oxygens (including phenoxy) is 1. The number of benzene rings is 1. The fourth-order valence-corrected chi connectivity index (χ4v) is 2.24. The van der Waals surface area contributed by atoms with E-state index in [1.165, 1.54) is 0 Å². The van der Waals surface area contributed by atoms with Crippen LogP contribution in [-0.4, -0.2) is 29.9 Å². The molecule has 0 aromatic heterocycles. The molecule has 3 nitrogen and oxygen atoms in total. The van der Waals surface area contributed by atoms with Crippen LogP contribution in [-0.2, 0) is 4.74 Å². The van der Waals surface area contributed by atoms with Gasteiger partial charge in [0.15, 0.2) is 0 Å². The van der Waals surface area contributed by atoms with Crippen LogP contribution < -0.4 is 5.32 Å². The van der Waals surface area contributed by atoms with E-state index in [0.717, 1.165) is 18.4 Å². The van der Waals surface area contributed by atoms with Crippen LogP contribution in [0.1, 0.15) is 52.2 Å². The number of β-amino-alcohol motifs (C(OH)–C–C–N with tert-alkyl or cyclic N) is 1. The summed E-state index contributed by atoms with van der Waals surface area (Å²) in [5.41, 5.74) is 1.21. The minimum Gasteiger partial charge on any atom is -0.389 e. The molecule has 2 N–H and O–H groups in total. The summed E-state index contributed by atoms with van der Waals surface area (Å²) in [6.07, 6.45) is 1.77. The summed E-state index contributed by atoms with van der Waals surface area (Å²) >= 11 is 0. The molecule has 114 valence electrons. The van der Waals surface area contributed by atoms with Gasteiger partial charge in [0.1, 0.15) is 0 Å². The van der Waals surface area contributed by atoms with Gasteiger partial charge in [-0.3, -0.25) is 0 Å². The second kappa shape index (κ2) is 8.40. The Bertz CT molecular complexity index is 365. The lowest BCUT2D eigenvalue weighted by atomic mass is 9.99. The van der Waals surface area contributed by atoms with Gasteiger partial charge in [-0.15, -0.1) is 0 Å². The van der Waals surface area contributed by atoms with Crippen molar-refractivity contribution in [1.82, 2.24) is 5.32 Å². The molecule has 1 aromatic carbocycles. The van der Waals surface area contributed by atoms with E-state index in [1.807, 2.05) is 37.3 Å². The summed E-state index contributed by atoms with van der Waals surface area (Å²) in [7, 11) is 0. The number of hydrogen-bond donors (Lipinski definition) is 2. The van der Waals surface area contributed by atoms with Crippen LogP contribution in [0.25, 0.3) is 0 Å². The molecule has 0 heterocycles. The molecule has 0 aliphatic carbocycles. The van der Waals surface area contributed by atoms with Crippen molar-refractivity contribution in [2.45, 2.75) is 58.3 Å². The Labute approximate surface area is 123 Å². The zero-order valence-corrected chi connectivity index (χ0v) is 13.2. The summed E-state index contributed by atoms with van der Waals surface area (Å²) in [6, 6.07) is 10.1. The predicted octanol–water partition coefficient (Wildman–Crippen LogP) is 3.29. The fraction of sp³-hybridized carbons (Fsp3) is 0.647. The van der Waals surface area contributed by atoms with Crippen LogP contribution in [0.4, 0.5) is 0 Å². The Morgan fingerprint density at radius 2 is 1.90 bits per heavy atom. The molecule has 1 rings (SSSR count). The van der Waals surface area contributed by atoms with Gasteiger partial charge in [0.2, 0.25) is 0 Å². The third-order valence-corrected chi connectivity index (χ3v) is 3.50. The lowest BCUT2D eigenvalue weighted by Crippen LogP contribution is -2.44. The maximum atomic E-state index is 9.99. The van der Waals surface area contributed by atoms with Gasteiger partial charge in [-0.05, 0) is 32.8 Å². The van der Waals surface area contributed by atoms with Gasteiger partial charge in [0.05, 0.1) is 18.8 Å². The maximum Gasteiger partial charge on any atom is 0.0898 e. The Morgan fingerprint density at radius 3 is 2.50 bits per heavy atom. The van der Waals surface area contributed by atoms with Crippen LogP contribution in [0.5, 0.6) is 0 Å². The average Bonchev–Trinajstić information content (AvgIpc) is 2.43. The van der Waals surface area contributed by atoms with E-state index in [0.29, 0.717) is 13.2 Å². The number of rotatable bonds is 9. The van der Waals surface area contributed by atoms with Crippen molar-refractivity contribution >= 4 is 0 Å². The molecule has 0 saturated heterocycles. The van der Waals surface area contributed by atoms with Crippen molar-refractivity contribution in [3.8, 4) is 0 Å². The fourth-order valence-electron chi connectivity index (χ4n) is 2.24. The SMILES string of the molecule is CCCC(C)(C)NCC(O)COC(C)c1ccccc1. The topological polar surface area (TPSA) is 41.5 Å². The van der Waals surface area contributed by atoms with E-state index in [2.05, 4.69) is 26.1 Å². The normalized spacial score (nSPS) is 15.1. The zero-order valence-electron chi connectivity index (χ0n) is 13.2. The molecule has 0 amide bonds. The third kappa shape index (κ3) is 6.51. The van der Waals surface area contributed by atoms with Gasteiger partial charge in [-0.25, -0.2) is 0 Å². The van der Waals surface area contributed by atoms with Crippen molar-refractivity contribution < 1.29 is 9.84 Å². The minimum absolute atomic E-state index is 0.00880. The minimum atomic E-state index is -0.475. The van der Waals surface area contributed by atoms with Crippen LogP contribution in [0.15, 0.2) is 30.3 Å². The van der Waals surface area contributed by atoms with E-state index < -0.39 is 6.10 Å². The average molecular weight is 279 g/mol. The highest BCUT2D eigenvalue weighted by atomic mass is 16.5. The van der Waals surface area contributed by atoms with Crippen LogP contribution >= 0.6 is 0 Å². The number of aliphatic hydroxyl groups is 1. The second-order valence-corrected chi connectivity index (χ2v) is 6.05. The molecule has 0 bridgehead atoms. The molecule has 20 heavy (non-hydrogen) atoms. The molecule has 0 spiro atoms. The van der Waals surface area contributed by atoms with Gasteiger partial charge in [0.25, 0.3) is 0 Å². The van der Waals surface area contributed by atoms with Gasteiger partial charge < -0.3 is 15.2 Å². The van der Waals surface area contributed by atoms with E-state index in [9.17, 15) is 5.11 Å². The number of aliphatic hydroxyl groups excluding tert-OH is 1. The molecule has 0 radical (unpaired) electrons. The Kier molecular flexibility index (Phi) is 7.20. The summed E-state index contributed by atoms with van der Waals surface area (Å²) in [5.74, 6) is 0. The molecule has 2 unspecified atom stereocenters. The monoisotopic (exact) mass is 279 g/mol. The van der Waals surface area contributed by atoms with Gasteiger partial charge in [-0.1, -0.05) is 43.7 Å². The van der Waals surface area contributed by atoms with E-state index in [-0.39, 0.29) is 11.6 Å². The molecular weight excluding hydrogens is 250 g/mol. The molecule has 0 aliphatic rings. The largest absolute Gasteiger partial charge is 0.389 e. The second-order valence-electron chi connectivity index (χ2n) is 6.05. The Morgan fingerprint density at radius 1 is 1.25 bits per heavy atom. The molecule has 0 saturated carbocycles. The van der Waals surface area contributed by atoms with Gasteiger partial charge >= 0.3 is 0 Å². The quantitative estimate of drug-likeness (QED) is 0.729. The smallest absolute Gasteiger partial charge is 0.0898 e. The Balaban J connectivity index is 2.28. The van der Waals surface area contributed by atoms with E-state index in [4.69, 9.17) is 4.74 Å². The van der Waals surface area contributed by atoms with Crippen molar-refractivity contribution in [3.05, 3.63) is 35.9 Å². The molecule has 3 heteroatoms. The summed E-state index contributed by atoms with van der Waals surface area (Å²) in [6.45, 7) is 9.42. The van der Waals surface area contributed by atoms with Gasteiger partial charge in [0, 0.05) is 12.1 Å². The first-order valence-electron chi connectivity index (χ1n) is 7.54. The summed E-state index contributed by atoms with van der Waals surface area (Å²) < 4.78 is 5.73. The maximum absolute atomic E-state index is 9.99. The van der Waals surface area contributed by atoms with Gasteiger partial charge in [-0.2, -0.15) is 0 Å². The lowest BCUT2D eigenvalue weighted by Gasteiger charge is -2.27. The van der Waals surface area contributed by atoms with Crippen molar-refractivity contribution in [3.63, 3.8) is 0 Å². The Hall–Kier alpha value is -0.900. The highest BCUT2D eigenvalue weighted by Gasteiger charge is 2.17. The highest BCUT2D eigenvalue weighted by molar-refractivity contribution is 5.16. The summed E-state index contributed by atoms with van der Waals surface area (Å²) in [5, 5.41) is 13.4. The predicted molar refractivity (Wildman–Crippen MR) is 83.8 cm³/mol. The first-order chi connectivity index (χ1) is 9.44. The van der Waals surface area contributed by atoms with Crippen LogP contribution in [0.3, 0.4) is 0 Å². The van der Waals surface area contributed by atoms with Crippen LogP contribution in [0, 0.1) is 0 Å². The molecular formula is C17H29NO2. The number of hydrogen-bond acceptors (Lipinski definition) is 3. The van der Waals surface area contributed by atoms with E-state index in [1.54, 1.807) is 0 Å². The molecule has 0 fully saturated rings. The first-order valence-corrected chi connectivity index (χ1v) is 7.54. The lowest BCUT2D eigenvalue weighted by molar-refractivity contribution is -0.00434. The molecule has 1 aromatic rings. The third-order valence-electron chi connectivity index (χ3n) is 3.50. The van der Waals surface area contributed by atoms with Crippen molar-refractivity contribution in [2.24, 2.45) is 0 Å². The first kappa shape index (κ1) is 17.2. The molecule has 2 atom stereocenters. The highest BCUT2D eigenvalue weighted by Crippen LogP contribution is 2.16. The van der Waals surface area contributed by atoms with Crippen molar-refractivity contribution in [1.29, 1.82) is 0 Å². The zero-order chi connectivity index (χ0) is 15.0. The summed E-state index contributed by atoms with van der Waals surface area (Å²) in [4.78, 5) is 0. The van der Waals surface area contributed by atoms with Crippen LogP contribution in [0.2, 0.25) is 0 Å².